The van der Waals surface area contributed by atoms with Crippen molar-refractivity contribution in [3.63, 3.8) is 0 Å². The van der Waals surface area contributed by atoms with Gasteiger partial charge in [-0.25, -0.2) is 9.79 Å². The van der Waals surface area contributed by atoms with E-state index >= 15 is 0 Å². The van der Waals surface area contributed by atoms with Crippen LogP contribution in [0.4, 0.5) is 0 Å². The molecule has 1 aliphatic heterocycles. The predicted octanol–water partition coefficient (Wildman–Crippen LogP) is 6.57. The molecule has 0 aliphatic carbocycles. The molecule has 3 aromatic carbocycles. The van der Waals surface area contributed by atoms with Gasteiger partial charge in [-0.3, -0.25) is 9.36 Å². The Labute approximate surface area is 279 Å². The van der Waals surface area contributed by atoms with E-state index in [1.807, 2.05) is 44.2 Å². The lowest BCUT2D eigenvalue weighted by Gasteiger charge is -2.23. The van der Waals surface area contributed by atoms with Crippen molar-refractivity contribution in [1.29, 1.82) is 0 Å². The number of benzene rings is 3. The van der Waals surface area contributed by atoms with Gasteiger partial charge in [-0.2, -0.15) is 0 Å². The molecule has 0 amide bonds. The highest BCUT2D eigenvalue weighted by atomic mass is 79.9. The molecule has 0 N–H and O–H groups in total. The van der Waals surface area contributed by atoms with E-state index in [4.69, 9.17) is 30.5 Å². The molecule has 1 atom stereocenters. The third-order valence-electron chi connectivity index (χ3n) is 6.62. The van der Waals surface area contributed by atoms with Crippen molar-refractivity contribution in [3.05, 3.63) is 117 Å². The fourth-order valence-corrected chi connectivity index (χ4v) is 6.90. The van der Waals surface area contributed by atoms with Gasteiger partial charge in [0.15, 0.2) is 22.0 Å². The van der Waals surface area contributed by atoms with Crippen molar-refractivity contribution in [2.75, 3.05) is 20.3 Å². The minimum Gasteiger partial charge on any atom is -0.490 e. The zero-order valence-corrected chi connectivity index (χ0v) is 28.7. The van der Waals surface area contributed by atoms with E-state index in [1.54, 1.807) is 30.3 Å². The van der Waals surface area contributed by atoms with E-state index in [2.05, 4.69) is 36.9 Å². The van der Waals surface area contributed by atoms with Gasteiger partial charge in [0.05, 0.1) is 46.0 Å². The number of hydrogen-bond donors (Lipinski definition) is 0. The van der Waals surface area contributed by atoms with Gasteiger partial charge in [-0.1, -0.05) is 57.1 Å². The molecular formula is C32H27Br2ClN2O6S. The lowest BCUT2D eigenvalue weighted by atomic mass is 9.97. The van der Waals surface area contributed by atoms with Gasteiger partial charge >= 0.3 is 5.97 Å². The van der Waals surface area contributed by atoms with Crippen LogP contribution in [0.1, 0.15) is 36.6 Å². The second-order valence-corrected chi connectivity index (χ2v) is 12.7. The average Bonchev–Trinajstić information content (AvgIpc) is 3.32. The van der Waals surface area contributed by atoms with Crippen LogP contribution >= 0.6 is 54.8 Å². The van der Waals surface area contributed by atoms with Crippen LogP contribution in [0.3, 0.4) is 0 Å². The Morgan fingerprint density at radius 3 is 2.43 bits per heavy atom. The van der Waals surface area contributed by atoms with Crippen LogP contribution in [0.5, 0.6) is 17.2 Å². The number of carbonyl (C=O) groups excluding carboxylic acids is 1. The summed E-state index contributed by atoms with van der Waals surface area (Å²) in [6, 6.07) is 16.0. The average molecular weight is 763 g/mol. The zero-order chi connectivity index (χ0) is 31.4. The molecule has 0 spiro atoms. The van der Waals surface area contributed by atoms with Gasteiger partial charge in [0, 0.05) is 10.7 Å². The number of thiazole rings is 1. The van der Waals surface area contributed by atoms with E-state index in [9.17, 15) is 9.59 Å². The summed E-state index contributed by atoms with van der Waals surface area (Å²) in [6.45, 7) is 4.97. The number of aromatic nitrogens is 1. The molecule has 1 aliphatic rings. The maximum absolute atomic E-state index is 13.9. The molecule has 44 heavy (non-hydrogen) atoms. The van der Waals surface area contributed by atoms with Crippen LogP contribution in [-0.2, 0) is 16.1 Å². The van der Waals surface area contributed by atoms with Crippen molar-refractivity contribution < 1.29 is 23.7 Å². The van der Waals surface area contributed by atoms with Crippen LogP contribution in [0.25, 0.3) is 6.08 Å². The standard InChI is InChI=1S/C32H27Br2ClN2O6S/c1-4-41-25-11-8-20(15-26(25)42-5-2)28-22(31(39)40-3)16-36-32-37(28)30(38)27(44-32)14-19-12-23(34)29(24(35)13-19)43-17-18-6-9-21(33)10-7-18/h6-16,28H,4-5,17H2,1-3H3/b27-14-/t28-/m1/s1. The van der Waals surface area contributed by atoms with E-state index < -0.39 is 12.0 Å². The summed E-state index contributed by atoms with van der Waals surface area (Å²) in [5, 5.41) is 0.388. The number of methoxy groups -OCH3 is 1. The largest absolute Gasteiger partial charge is 0.490 e. The molecule has 0 radical (unpaired) electrons. The number of nitrogens with zero attached hydrogens (tertiary/aromatic N) is 2. The number of fused-ring (bicyclic) bond motifs is 1. The molecule has 228 valence electrons. The number of ether oxygens (including phenoxy) is 4. The molecule has 5 rings (SSSR count). The first-order valence-electron chi connectivity index (χ1n) is 13.6. The first-order valence-corrected chi connectivity index (χ1v) is 16.4. The number of hydrogen-bond acceptors (Lipinski definition) is 8. The fraction of sp³-hybridized carbons (Fsp3) is 0.219. The van der Waals surface area contributed by atoms with Gasteiger partial charge in [-0.15, -0.1) is 0 Å². The second-order valence-electron chi connectivity index (χ2n) is 9.48. The molecule has 4 aromatic rings. The quantitative estimate of drug-likeness (QED) is 0.170. The van der Waals surface area contributed by atoms with Crippen LogP contribution in [-0.4, -0.2) is 30.9 Å². The highest BCUT2D eigenvalue weighted by molar-refractivity contribution is 9.10. The molecule has 0 saturated heterocycles. The normalized spacial score (nSPS) is 14.4. The highest BCUT2D eigenvalue weighted by Crippen LogP contribution is 2.36. The van der Waals surface area contributed by atoms with Crippen LogP contribution in [0, 0.1) is 0 Å². The van der Waals surface area contributed by atoms with Crippen molar-refractivity contribution in [3.8, 4) is 17.2 Å². The molecular weight excluding hydrogens is 736 g/mol. The monoisotopic (exact) mass is 760 g/mol. The Bertz CT molecular complexity index is 1900. The lowest BCUT2D eigenvalue weighted by Crippen LogP contribution is -2.39. The Morgan fingerprint density at radius 1 is 1.02 bits per heavy atom. The van der Waals surface area contributed by atoms with Gasteiger partial charge < -0.3 is 18.9 Å². The predicted molar refractivity (Wildman–Crippen MR) is 178 cm³/mol. The molecule has 0 unspecified atom stereocenters. The summed E-state index contributed by atoms with van der Waals surface area (Å²) < 4.78 is 26.1. The first-order chi connectivity index (χ1) is 21.2. The Hall–Kier alpha value is -3.38. The summed E-state index contributed by atoms with van der Waals surface area (Å²) in [4.78, 5) is 31.7. The first kappa shape index (κ1) is 32.0. The number of esters is 1. The smallest absolute Gasteiger partial charge is 0.337 e. The maximum Gasteiger partial charge on any atom is 0.337 e. The van der Waals surface area contributed by atoms with Crippen molar-refractivity contribution in [2.24, 2.45) is 4.99 Å². The van der Waals surface area contributed by atoms with Crippen molar-refractivity contribution in [2.45, 2.75) is 26.5 Å². The van der Waals surface area contributed by atoms with Crippen molar-refractivity contribution >= 4 is 66.8 Å². The van der Waals surface area contributed by atoms with Crippen LogP contribution in [0.15, 0.2) is 85.1 Å². The maximum atomic E-state index is 13.9. The Morgan fingerprint density at radius 2 is 1.75 bits per heavy atom. The minimum atomic E-state index is -0.791. The summed E-state index contributed by atoms with van der Waals surface area (Å²) in [5.41, 5.74) is 2.22. The topological polar surface area (TPSA) is 88.4 Å². The molecule has 12 heteroatoms. The van der Waals surface area contributed by atoms with E-state index in [-0.39, 0.29) is 11.1 Å². The van der Waals surface area contributed by atoms with E-state index in [0.29, 0.717) is 67.0 Å². The third kappa shape index (κ3) is 6.81. The molecule has 0 fully saturated rings. The molecule has 2 heterocycles. The van der Waals surface area contributed by atoms with E-state index in [0.717, 1.165) is 10.0 Å². The second kappa shape index (κ2) is 14.2. The van der Waals surface area contributed by atoms with E-state index in [1.165, 1.54) is 29.2 Å². The Balaban J connectivity index is 1.54. The van der Waals surface area contributed by atoms with Gasteiger partial charge in [-0.05, 0) is 88.9 Å². The molecule has 0 bridgehead atoms. The van der Waals surface area contributed by atoms with Crippen LogP contribution < -0.4 is 29.1 Å². The Kier molecular flexibility index (Phi) is 10.3. The van der Waals surface area contributed by atoms with Crippen molar-refractivity contribution in [1.82, 2.24) is 4.57 Å². The summed E-state index contributed by atoms with van der Waals surface area (Å²) in [7, 11) is 1.29. The molecule has 1 aromatic heterocycles. The summed E-state index contributed by atoms with van der Waals surface area (Å²) in [5.74, 6) is 0.990. The minimum absolute atomic E-state index is 0.219. The van der Waals surface area contributed by atoms with Crippen LogP contribution in [0.2, 0.25) is 5.02 Å². The molecule has 0 saturated carbocycles. The number of halogens is 3. The molecule has 8 nitrogen and oxygen atoms in total. The van der Waals surface area contributed by atoms with Gasteiger partial charge in [0.1, 0.15) is 6.61 Å². The van der Waals surface area contributed by atoms with Gasteiger partial charge in [0.25, 0.3) is 5.56 Å². The SMILES string of the molecule is CCOc1ccc([C@@H]2C(C(=O)OC)=CN=c3s/c(=C\c4cc(Cl)c(OCc5ccc(Br)cc5)c(Br)c4)c(=O)n32)cc1OCC. The fourth-order valence-electron chi connectivity index (χ4n) is 4.68. The third-order valence-corrected chi connectivity index (χ3v) is 9.02. The summed E-state index contributed by atoms with van der Waals surface area (Å²) in [6.07, 6.45) is 3.19. The summed E-state index contributed by atoms with van der Waals surface area (Å²) >= 11 is 14.8. The number of rotatable bonds is 10. The lowest BCUT2D eigenvalue weighted by molar-refractivity contribution is -0.136. The highest BCUT2D eigenvalue weighted by Gasteiger charge is 2.31. The van der Waals surface area contributed by atoms with Gasteiger partial charge in [0.2, 0.25) is 0 Å². The zero-order valence-electron chi connectivity index (χ0n) is 23.9. The number of carbonyl (C=O) groups is 1.